The molecule has 0 unspecified atom stereocenters. The first kappa shape index (κ1) is 11.8. The van der Waals surface area contributed by atoms with Crippen molar-refractivity contribution < 1.29 is 4.79 Å². The molecule has 0 bridgehead atoms. The van der Waals surface area contributed by atoms with Crippen molar-refractivity contribution in [1.29, 1.82) is 0 Å². The van der Waals surface area contributed by atoms with Gasteiger partial charge in [0.2, 0.25) is 5.78 Å². The average Bonchev–Trinajstić information content (AvgIpc) is 2.46. The van der Waals surface area contributed by atoms with Crippen LogP contribution in [0.1, 0.15) is 16.2 Å². The van der Waals surface area contributed by atoms with Crippen LogP contribution < -0.4 is 0 Å². The van der Waals surface area contributed by atoms with E-state index in [1.54, 1.807) is 24.3 Å². The van der Waals surface area contributed by atoms with Gasteiger partial charge in [-0.05, 0) is 24.3 Å². The third-order valence-corrected chi connectivity index (χ3v) is 2.99. The molecule has 3 rings (SSSR count). The third-order valence-electron chi connectivity index (χ3n) is 2.78. The highest BCUT2D eigenvalue weighted by Crippen LogP contribution is 2.14. The summed E-state index contributed by atoms with van der Waals surface area (Å²) >= 11 is 5.79. The fourth-order valence-corrected chi connectivity index (χ4v) is 2.02. The molecule has 2 heterocycles. The Hall–Kier alpha value is -2.26. The molecule has 3 aromatic rings. The van der Waals surface area contributed by atoms with Gasteiger partial charge in [0.15, 0.2) is 0 Å². The minimum absolute atomic E-state index is 0.228. The Kier molecular flexibility index (Phi) is 2.97. The van der Waals surface area contributed by atoms with Crippen LogP contribution in [0.3, 0.4) is 0 Å². The highest BCUT2D eigenvalue weighted by molar-refractivity contribution is 6.29. The molecular weight excluding hydrogens is 260 g/mol. The van der Waals surface area contributed by atoms with E-state index in [2.05, 4.69) is 9.97 Å². The molecule has 0 radical (unpaired) electrons. The summed E-state index contributed by atoms with van der Waals surface area (Å²) in [6.07, 6.45) is 0. The monoisotopic (exact) mass is 268 g/mol. The molecule has 0 N–H and O–H groups in total. The van der Waals surface area contributed by atoms with Crippen molar-refractivity contribution in [2.24, 2.45) is 0 Å². The normalized spacial score (nSPS) is 10.6. The van der Waals surface area contributed by atoms with Gasteiger partial charge in [0.25, 0.3) is 0 Å². The van der Waals surface area contributed by atoms with Gasteiger partial charge in [-0.2, -0.15) is 0 Å². The Bertz CT molecular complexity index is 771. The summed E-state index contributed by atoms with van der Waals surface area (Å²) in [5.74, 6) is -0.228. The maximum atomic E-state index is 12.3. The zero-order chi connectivity index (χ0) is 13.2. The van der Waals surface area contributed by atoms with E-state index in [0.29, 0.717) is 16.5 Å². The van der Waals surface area contributed by atoms with Crippen molar-refractivity contribution in [3.8, 4) is 0 Å². The number of carbonyl (C=O) groups excluding carboxylic acids is 1. The smallest absolute Gasteiger partial charge is 0.229 e. The van der Waals surface area contributed by atoms with Crippen molar-refractivity contribution in [3.05, 3.63) is 71.1 Å². The summed E-state index contributed by atoms with van der Waals surface area (Å²) in [7, 11) is 0. The Labute approximate surface area is 114 Å². The minimum atomic E-state index is -0.228. The van der Waals surface area contributed by atoms with Crippen molar-refractivity contribution >= 4 is 28.3 Å². The number of halogens is 1. The number of aromatic nitrogens is 2. The number of hydrogen-bond donors (Lipinski definition) is 0. The first-order valence-electron chi connectivity index (χ1n) is 5.77. The number of benzene rings is 1. The predicted octanol–water partition coefficient (Wildman–Crippen LogP) is 3.51. The molecule has 0 saturated heterocycles. The Morgan fingerprint density at radius 3 is 2.47 bits per heavy atom. The molecular formula is C15H9ClN2O. The van der Waals surface area contributed by atoms with Gasteiger partial charge >= 0.3 is 0 Å². The second kappa shape index (κ2) is 4.78. The Morgan fingerprint density at radius 2 is 1.63 bits per heavy atom. The lowest BCUT2D eigenvalue weighted by molar-refractivity contribution is 0.103. The molecule has 1 aromatic carbocycles. The van der Waals surface area contributed by atoms with Gasteiger partial charge in [-0.25, -0.2) is 9.97 Å². The molecule has 0 saturated carbocycles. The predicted molar refractivity (Wildman–Crippen MR) is 74.4 cm³/mol. The number of carbonyl (C=O) groups is 1. The maximum Gasteiger partial charge on any atom is 0.229 e. The first-order chi connectivity index (χ1) is 9.24. The van der Waals surface area contributed by atoms with Gasteiger partial charge in [0.1, 0.15) is 16.5 Å². The summed E-state index contributed by atoms with van der Waals surface area (Å²) in [4.78, 5) is 20.6. The first-order valence-corrected chi connectivity index (χ1v) is 6.15. The summed E-state index contributed by atoms with van der Waals surface area (Å²) < 4.78 is 0. The van der Waals surface area contributed by atoms with Crippen molar-refractivity contribution in [2.75, 3.05) is 0 Å². The van der Waals surface area contributed by atoms with Crippen LogP contribution in [0.15, 0.2) is 54.6 Å². The second-order valence-corrected chi connectivity index (χ2v) is 4.45. The van der Waals surface area contributed by atoms with Crippen LogP contribution in [0.25, 0.3) is 10.9 Å². The lowest BCUT2D eigenvalue weighted by Gasteiger charge is -2.02. The fraction of sp³-hybridized carbons (Fsp3) is 0. The van der Waals surface area contributed by atoms with E-state index in [1.807, 2.05) is 30.3 Å². The van der Waals surface area contributed by atoms with E-state index < -0.39 is 0 Å². The van der Waals surface area contributed by atoms with Crippen LogP contribution in [0, 0.1) is 0 Å². The molecule has 0 aliphatic rings. The minimum Gasteiger partial charge on any atom is -0.285 e. The van der Waals surface area contributed by atoms with Crippen LogP contribution in [-0.2, 0) is 0 Å². The standard InChI is InChI=1S/C15H9ClN2O/c16-14-7-3-6-12(18-14)15(19)13-9-8-10-4-1-2-5-11(10)17-13/h1-9H. The summed E-state index contributed by atoms with van der Waals surface area (Å²) in [5.41, 5.74) is 1.46. The lowest BCUT2D eigenvalue weighted by atomic mass is 10.1. The number of rotatable bonds is 2. The third kappa shape index (κ3) is 2.33. The molecule has 4 heteroatoms. The number of nitrogens with zero attached hydrogens (tertiary/aromatic N) is 2. The van der Waals surface area contributed by atoms with Crippen molar-refractivity contribution in [3.63, 3.8) is 0 Å². The van der Waals surface area contributed by atoms with Gasteiger partial charge in [-0.1, -0.05) is 41.9 Å². The van der Waals surface area contributed by atoms with Gasteiger partial charge < -0.3 is 0 Å². The summed E-state index contributed by atoms with van der Waals surface area (Å²) in [5, 5.41) is 1.30. The zero-order valence-corrected chi connectivity index (χ0v) is 10.6. The molecule has 2 aromatic heterocycles. The van der Waals surface area contributed by atoms with Crippen LogP contribution in [0.5, 0.6) is 0 Å². The van der Waals surface area contributed by atoms with Gasteiger partial charge in [0.05, 0.1) is 5.52 Å². The van der Waals surface area contributed by atoms with Crippen LogP contribution >= 0.6 is 11.6 Å². The molecule has 0 aliphatic carbocycles. The van der Waals surface area contributed by atoms with Crippen molar-refractivity contribution in [2.45, 2.75) is 0 Å². The van der Waals surface area contributed by atoms with Crippen molar-refractivity contribution in [1.82, 2.24) is 9.97 Å². The van der Waals surface area contributed by atoms with Gasteiger partial charge in [-0.15, -0.1) is 0 Å². The maximum absolute atomic E-state index is 12.3. The topological polar surface area (TPSA) is 42.9 Å². The SMILES string of the molecule is O=C(c1cccc(Cl)n1)c1ccc2ccccc2n1. The molecule has 3 nitrogen and oxygen atoms in total. The van der Waals surface area contributed by atoms with E-state index >= 15 is 0 Å². The molecule has 19 heavy (non-hydrogen) atoms. The molecule has 0 atom stereocenters. The molecule has 0 fully saturated rings. The molecule has 0 aliphatic heterocycles. The number of pyridine rings is 2. The number of ketones is 1. The van der Waals surface area contributed by atoms with E-state index in [1.165, 1.54) is 0 Å². The largest absolute Gasteiger partial charge is 0.285 e. The molecule has 0 amide bonds. The quantitative estimate of drug-likeness (QED) is 0.528. The van der Waals surface area contributed by atoms with Crippen LogP contribution in [0.2, 0.25) is 5.15 Å². The summed E-state index contributed by atoms with van der Waals surface area (Å²) in [6, 6.07) is 16.2. The highest BCUT2D eigenvalue weighted by atomic mass is 35.5. The van der Waals surface area contributed by atoms with Crippen LogP contribution in [0.4, 0.5) is 0 Å². The highest BCUT2D eigenvalue weighted by Gasteiger charge is 2.12. The number of para-hydroxylation sites is 1. The van der Waals surface area contributed by atoms with Crippen LogP contribution in [-0.4, -0.2) is 15.8 Å². The van der Waals surface area contributed by atoms with Gasteiger partial charge in [0, 0.05) is 5.39 Å². The molecule has 0 spiro atoms. The van der Waals surface area contributed by atoms with E-state index in [4.69, 9.17) is 11.6 Å². The Balaban J connectivity index is 2.06. The van der Waals surface area contributed by atoms with E-state index in [9.17, 15) is 4.79 Å². The van der Waals surface area contributed by atoms with Gasteiger partial charge in [-0.3, -0.25) is 4.79 Å². The lowest BCUT2D eigenvalue weighted by Crippen LogP contribution is -2.06. The Morgan fingerprint density at radius 1 is 0.842 bits per heavy atom. The van der Waals surface area contributed by atoms with E-state index in [-0.39, 0.29) is 5.78 Å². The summed E-state index contributed by atoms with van der Waals surface area (Å²) in [6.45, 7) is 0. The fourth-order valence-electron chi connectivity index (χ4n) is 1.86. The number of hydrogen-bond acceptors (Lipinski definition) is 3. The van der Waals surface area contributed by atoms with E-state index in [0.717, 1.165) is 10.9 Å². The molecule has 92 valence electrons. The average molecular weight is 269 g/mol. The number of fused-ring (bicyclic) bond motifs is 1. The zero-order valence-electron chi connectivity index (χ0n) is 9.88. The second-order valence-electron chi connectivity index (χ2n) is 4.06.